The number of carbonyl (C=O) groups is 2. The Morgan fingerprint density at radius 2 is 1.88 bits per heavy atom. The zero-order chi connectivity index (χ0) is 13.2. The molecule has 0 spiro atoms. The SMILES string of the molecule is Cc1cc(C(=O)C(=O)O)cc(CN(C)C)c1O. The Hall–Kier alpha value is -1.88. The molecule has 1 aromatic carbocycles. The maximum absolute atomic E-state index is 11.4. The normalized spacial score (nSPS) is 10.6. The van der Waals surface area contributed by atoms with Crippen LogP contribution in [0.1, 0.15) is 21.5 Å². The zero-order valence-electron chi connectivity index (χ0n) is 10.0. The van der Waals surface area contributed by atoms with Gasteiger partial charge in [-0.2, -0.15) is 0 Å². The highest BCUT2D eigenvalue weighted by Crippen LogP contribution is 2.25. The fourth-order valence-corrected chi connectivity index (χ4v) is 1.57. The number of Topliss-reactive ketones (excluding diaryl/α,β-unsaturated/α-hetero) is 1. The summed E-state index contributed by atoms with van der Waals surface area (Å²) >= 11 is 0. The summed E-state index contributed by atoms with van der Waals surface area (Å²) in [6, 6.07) is 2.80. The standard InChI is InChI=1S/C12H15NO4/c1-7-4-8(11(15)12(16)17)5-9(10(7)14)6-13(2)3/h4-5,14H,6H2,1-3H3,(H,16,17). The third-order valence-electron chi connectivity index (χ3n) is 2.32. The molecule has 92 valence electrons. The van der Waals surface area contributed by atoms with E-state index < -0.39 is 11.8 Å². The van der Waals surface area contributed by atoms with Gasteiger partial charge >= 0.3 is 5.97 Å². The molecular formula is C12H15NO4. The fraction of sp³-hybridized carbons (Fsp3) is 0.333. The van der Waals surface area contributed by atoms with Crippen LogP contribution in [-0.2, 0) is 11.3 Å². The van der Waals surface area contributed by atoms with Crippen molar-refractivity contribution in [3.63, 3.8) is 0 Å². The number of carboxylic acids is 1. The molecule has 0 saturated heterocycles. The van der Waals surface area contributed by atoms with E-state index in [0.717, 1.165) is 0 Å². The molecule has 0 radical (unpaired) electrons. The molecule has 0 aromatic heterocycles. The van der Waals surface area contributed by atoms with Crippen molar-refractivity contribution in [2.24, 2.45) is 0 Å². The lowest BCUT2D eigenvalue weighted by atomic mass is 10.0. The van der Waals surface area contributed by atoms with Gasteiger partial charge in [-0.1, -0.05) is 0 Å². The topological polar surface area (TPSA) is 77.8 Å². The molecule has 0 unspecified atom stereocenters. The van der Waals surface area contributed by atoms with Crippen molar-refractivity contribution in [2.45, 2.75) is 13.5 Å². The molecule has 0 aliphatic carbocycles. The Kier molecular flexibility index (Phi) is 3.85. The van der Waals surface area contributed by atoms with Gasteiger partial charge in [-0.15, -0.1) is 0 Å². The van der Waals surface area contributed by atoms with E-state index in [1.54, 1.807) is 6.92 Å². The second-order valence-electron chi connectivity index (χ2n) is 4.17. The Balaban J connectivity index is 3.23. The summed E-state index contributed by atoms with van der Waals surface area (Å²) in [5.74, 6) is -2.36. The van der Waals surface area contributed by atoms with Crippen LogP contribution in [0.15, 0.2) is 12.1 Å². The third-order valence-corrected chi connectivity index (χ3v) is 2.32. The van der Waals surface area contributed by atoms with E-state index in [2.05, 4.69) is 0 Å². The van der Waals surface area contributed by atoms with E-state index in [4.69, 9.17) is 5.11 Å². The lowest BCUT2D eigenvalue weighted by molar-refractivity contribution is -0.131. The highest BCUT2D eigenvalue weighted by molar-refractivity contribution is 6.39. The Bertz CT molecular complexity index is 466. The molecule has 0 bridgehead atoms. The first-order valence-corrected chi connectivity index (χ1v) is 5.07. The van der Waals surface area contributed by atoms with Crippen LogP contribution in [0.4, 0.5) is 0 Å². The van der Waals surface area contributed by atoms with Crippen molar-refractivity contribution in [1.29, 1.82) is 0 Å². The van der Waals surface area contributed by atoms with E-state index >= 15 is 0 Å². The van der Waals surface area contributed by atoms with Gasteiger partial charge in [-0.05, 0) is 38.7 Å². The number of aryl methyl sites for hydroxylation is 1. The average molecular weight is 237 g/mol. The highest BCUT2D eigenvalue weighted by atomic mass is 16.4. The summed E-state index contributed by atoms with van der Waals surface area (Å²) in [6.45, 7) is 2.07. The van der Waals surface area contributed by atoms with E-state index in [-0.39, 0.29) is 11.3 Å². The smallest absolute Gasteiger partial charge is 0.377 e. The Labute approximate surface area is 99.3 Å². The lowest BCUT2D eigenvalue weighted by Gasteiger charge is -2.13. The van der Waals surface area contributed by atoms with Crippen LogP contribution in [0.5, 0.6) is 5.75 Å². The number of rotatable bonds is 4. The van der Waals surface area contributed by atoms with Crippen molar-refractivity contribution in [3.05, 3.63) is 28.8 Å². The summed E-state index contributed by atoms with van der Waals surface area (Å²) in [7, 11) is 3.64. The number of ketones is 1. The first-order valence-electron chi connectivity index (χ1n) is 5.07. The van der Waals surface area contributed by atoms with E-state index in [9.17, 15) is 14.7 Å². The number of aromatic hydroxyl groups is 1. The minimum Gasteiger partial charge on any atom is -0.507 e. The predicted octanol–water partition coefficient (Wildman–Crippen LogP) is 1.03. The van der Waals surface area contributed by atoms with Gasteiger partial charge in [-0.3, -0.25) is 4.79 Å². The molecule has 0 fully saturated rings. The van der Waals surface area contributed by atoms with Gasteiger partial charge in [0.05, 0.1) is 0 Å². The van der Waals surface area contributed by atoms with Crippen molar-refractivity contribution in [1.82, 2.24) is 4.90 Å². The quantitative estimate of drug-likeness (QED) is 0.604. The van der Waals surface area contributed by atoms with Crippen LogP contribution >= 0.6 is 0 Å². The molecule has 0 aliphatic heterocycles. The molecular weight excluding hydrogens is 222 g/mol. The molecule has 17 heavy (non-hydrogen) atoms. The van der Waals surface area contributed by atoms with Crippen molar-refractivity contribution in [3.8, 4) is 5.75 Å². The van der Waals surface area contributed by atoms with Gasteiger partial charge in [0.15, 0.2) is 0 Å². The largest absolute Gasteiger partial charge is 0.507 e. The zero-order valence-corrected chi connectivity index (χ0v) is 10.0. The number of phenolic OH excluding ortho intramolecular Hbond substituents is 1. The van der Waals surface area contributed by atoms with Gasteiger partial charge in [0, 0.05) is 17.7 Å². The maximum atomic E-state index is 11.4. The first-order chi connectivity index (χ1) is 7.82. The van der Waals surface area contributed by atoms with Crippen LogP contribution in [-0.4, -0.2) is 41.0 Å². The van der Waals surface area contributed by atoms with Crippen LogP contribution in [0.3, 0.4) is 0 Å². The number of nitrogens with zero attached hydrogens (tertiary/aromatic N) is 1. The van der Waals surface area contributed by atoms with E-state index in [1.165, 1.54) is 12.1 Å². The molecule has 0 atom stereocenters. The molecule has 0 heterocycles. The summed E-state index contributed by atoms with van der Waals surface area (Å²) in [5, 5.41) is 18.5. The molecule has 1 aromatic rings. The molecule has 2 N–H and O–H groups in total. The van der Waals surface area contributed by atoms with Gasteiger partial charge in [0.1, 0.15) is 5.75 Å². The molecule has 0 aliphatic rings. The molecule has 5 nitrogen and oxygen atoms in total. The van der Waals surface area contributed by atoms with Crippen molar-refractivity contribution < 1.29 is 19.8 Å². The fourth-order valence-electron chi connectivity index (χ4n) is 1.57. The minimum atomic E-state index is -1.49. The van der Waals surface area contributed by atoms with E-state index in [0.29, 0.717) is 17.7 Å². The molecule has 0 saturated carbocycles. The van der Waals surface area contributed by atoms with Gasteiger partial charge in [-0.25, -0.2) is 4.79 Å². The third kappa shape index (κ3) is 3.04. The Morgan fingerprint density at radius 3 is 2.35 bits per heavy atom. The molecule has 1 rings (SSSR count). The summed E-state index contributed by atoms with van der Waals surface area (Å²) in [4.78, 5) is 23.8. The predicted molar refractivity (Wildman–Crippen MR) is 62.2 cm³/mol. The number of hydrogen-bond donors (Lipinski definition) is 2. The molecule has 5 heteroatoms. The summed E-state index contributed by atoms with van der Waals surface area (Å²) in [5.41, 5.74) is 1.12. The highest BCUT2D eigenvalue weighted by Gasteiger charge is 2.18. The number of aliphatic carboxylic acids is 1. The van der Waals surface area contributed by atoms with Crippen molar-refractivity contribution in [2.75, 3.05) is 14.1 Å². The van der Waals surface area contributed by atoms with Crippen LogP contribution in [0.25, 0.3) is 0 Å². The summed E-state index contributed by atoms with van der Waals surface area (Å²) < 4.78 is 0. The number of benzene rings is 1. The van der Waals surface area contributed by atoms with Crippen LogP contribution in [0, 0.1) is 6.92 Å². The lowest BCUT2D eigenvalue weighted by Crippen LogP contribution is -2.15. The van der Waals surface area contributed by atoms with Crippen molar-refractivity contribution >= 4 is 11.8 Å². The van der Waals surface area contributed by atoms with Gasteiger partial charge in [0.2, 0.25) is 0 Å². The summed E-state index contributed by atoms with van der Waals surface area (Å²) in [6.07, 6.45) is 0. The number of carboxylic acid groups (broad SMARTS) is 1. The first kappa shape index (κ1) is 13.2. The maximum Gasteiger partial charge on any atom is 0.377 e. The number of carbonyl (C=O) groups excluding carboxylic acids is 1. The Morgan fingerprint density at radius 1 is 1.29 bits per heavy atom. The second-order valence-corrected chi connectivity index (χ2v) is 4.17. The monoisotopic (exact) mass is 237 g/mol. The van der Waals surface area contributed by atoms with Crippen LogP contribution in [0.2, 0.25) is 0 Å². The van der Waals surface area contributed by atoms with Crippen LogP contribution < -0.4 is 0 Å². The van der Waals surface area contributed by atoms with E-state index in [1.807, 2.05) is 19.0 Å². The average Bonchev–Trinajstić information content (AvgIpc) is 2.22. The minimum absolute atomic E-state index is 0.0876. The van der Waals surface area contributed by atoms with Gasteiger partial charge in [0.25, 0.3) is 5.78 Å². The molecule has 0 amide bonds. The number of hydrogen-bond acceptors (Lipinski definition) is 4. The van der Waals surface area contributed by atoms with Gasteiger partial charge < -0.3 is 15.1 Å². The number of phenols is 1. The second kappa shape index (κ2) is 4.97.